The Morgan fingerprint density at radius 1 is 1.33 bits per heavy atom. The second kappa shape index (κ2) is 5.74. The molecule has 108 valence electrons. The number of aromatic nitrogens is 3. The Morgan fingerprint density at radius 2 is 2.24 bits per heavy atom. The molecule has 0 saturated carbocycles. The molecule has 7 heteroatoms. The number of aryl methyl sites for hydroxylation is 1. The first-order chi connectivity index (χ1) is 10.2. The van der Waals surface area contributed by atoms with Crippen molar-refractivity contribution >= 4 is 17.9 Å². The van der Waals surface area contributed by atoms with Crippen molar-refractivity contribution in [3.63, 3.8) is 0 Å². The van der Waals surface area contributed by atoms with Crippen molar-refractivity contribution in [1.29, 1.82) is 0 Å². The van der Waals surface area contributed by atoms with Crippen LogP contribution in [-0.2, 0) is 11.3 Å². The highest BCUT2D eigenvalue weighted by Gasteiger charge is 2.24. The molecule has 3 heterocycles. The Kier molecular flexibility index (Phi) is 3.63. The Bertz CT molecular complexity index is 644. The number of carbonyl (C=O) groups excluding carboxylic acids is 1. The molecule has 0 atom stereocenters. The lowest BCUT2D eigenvalue weighted by Crippen LogP contribution is -2.24. The third-order valence-electron chi connectivity index (χ3n) is 3.08. The molecule has 0 radical (unpaired) electrons. The minimum atomic E-state index is -0.375. The topological polar surface area (TPSA) is 80.2 Å². The maximum atomic E-state index is 11.5. The van der Waals surface area contributed by atoms with Crippen molar-refractivity contribution in [3.05, 3.63) is 41.9 Å². The van der Waals surface area contributed by atoms with E-state index in [1.54, 1.807) is 12.3 Å². The van der Waals surface area contributed by atoms with Crippen molar-refractivity contribution in [3.8, 4) is 0 Å². The lowest BCUT2D eigenvalue weighted by molar-refractivity contribution is 0.181. The summed E-state index contributed by atoms with van der Waals surface area (Å²) in [6, 6.07) is 5.63. The molecule has 1 fully saturated rings. The fourth-order valence-electron chi connectivity index (χ4n) is 1.96. The van der Waals surface area contributed by atoms with Gasteiger partial charge in [-0.15, -0.1) is 0 Å². The predicted molar refractivity (Wildman–Crippen MR) is 77.0 cm³/mol. The van der Waals surface area contributed by atoms with Crippen LogP contribution >= 0.6 is 0 Å². The monoisotopic (exact) mass is 285 g/mol. The number of ether oxygens (including phenoxy) is 1. The van der Waals surface area contributed by atoms with E-state index in [2.05, 4.69) is 20.3 Å². The molecule has 0 aromatic carbocycles. The van der Waals surface area contributed by atoms with Crippen LogP contribution in [0.5, 0.6) is 0 Å². The van der Waals surface area contributed by atoms with Gasteiger partial charge < -0.3 is 10.1 Å². The zero-order chi connectivity index (χ0) is 14.7. The quantitative estimate of drug-likeness (QED) is 0.921. The number of carbonyl (C=O) groups is 1. The highest BCUT2D eigenvalue weighted by atomic mass is 16.6. The molecule has 1 N–H and O–H groups in total. The molecule has 2 aromatic rings. The molecule has 2 aromatic heterocycles. The molecular formula is C14H15N5O2. The van der Waals surface area contributed by atoms with E-state index >= 15 is 0 Å². The summed E-state index contributed by atoms with van der Waals surface area (Å²) >= 11 is 0. The van der Waals surface area contributed by atoms with Crippen LogP contribution in [0, 0.1) is 6.92 Å². The molecule has 0 unspecified atom stereocenters. The number of hydrogen-bond acceptors (Lipinski definition) is 6. The number of nitrogens with zero attached hydrogens (tertiary/aromatic N) is 4. The fourth-order valence-corrected chi connectivity index (χ4v) is 1.96. The standard InChI is InChI=1S/C14H15N5O2/c1-10-2-3-11(16-8-10)9-17-13-15-5-4-12(18-13)19-6-7-21-14(19)20/h2-5,8H,6-7,9H2,1H3,(H,15,17,18). The van der Waals surface area contributed by atoms with Crippen LogP contribution in [0.15, 0.2) is 30.6 Å². The van der Waals surface area contributed by atoms with E-state index in [1.807, 2.05) is 25.3 Å². The van der Waals surface area contributed by atoms with E-state index in [4.69, 9.17) is 4.74 Å². The molecule has 1 aliphatic rings. The van der Waals surface area contributed by atoms with Crippen LogP contribution < -0.4 is 10.2 Å². The minimum absolute atomic E-state index is 0.375. The Morgan fingerprint density at radius 3 is 2.95 bits per heavy atom. The predicted octanol–water partition coefficient (Wildman–Crippen LogP) is 1.75. The van der Waals surface area contributed by atoms with E-state index in [0.717, 1.165) is 11.3 Å². The highest BCUT2D eigenvalue weighted by molar-refractivity contribution is 5.88. The van der Waals surface area contributed by atoms with E-state index in [0.29, 0.717) is 31.5 Å². The first kappa shape index (κ1) is 13.3. The SMILES string of the molecule is Cc1ccc(CNc2nccc(N3CCOC3=O)n2)nc1. The Hall–Kier alpha value is -2.70. The third kappa shape index (κ3) is 3.07. The summed E-state index contributed by atoms with van der Waals surface area (Å²) < 4.78 is 4.90. The Balaban J connectivity index is 1.68. The van der Waals surface area contributed by atoms with Gasteiger partial charge in [0.05, 0.1) is 18.8 Å². The minimum Gasteiger partial charge on any atom is -0.447 e. The van der Waals surface area contributed by atoms with Gasteiger partial charge in [-0.3, -0.25) is 9.88 Å². The fraction of sp³-hybridized carbons (Fsp3) is 0.286. The summed E-state index contributed by atoms with van der Waals surface area (Å²) in [6.07, 6.45) is 3.05. The van der Waals surface area contributed by atoms with Crippen molar-refractivity contribution < 1.29 is 9.53 Å². The van der Waals surface area contributed by atoms with Crippen molar-refractivity contribution in [2.75, 3.05) is 23.4 Å². The van der Waals surface area contributed by atoms with E-state index in [-0.39, 0.29) is 6.09 Å². The Labute approximate surface area is 122 Å². The average molecular weight is 285 g/mol. The summed E-state index contributed by atoms with van der Waals surface area (Å²) in [7, 11) is 0. The summed E-state index contributed by atoms with van der Waals surface area (Å²) in [5, 5.41) is 3.10. The van der Waals surface area contributed by atoms with Crippen LogP contribution in [0.25, 0.3) is 0 Å². The lowest BCUT2D eigenvalue weighted by atomic mass is 10.3. The van der Waals surface area contributed by atoms with Gasteiger partial charge in [0.25, 0.3) is 0 Å². The first-order valence-corrected chi connectivity index (χ1v) is 6.65. The molecule has 21 heavy (non-hydrogen) atoms. The van der Waals surface area contributed by atoms with Gasteiger partial charge in [-0.2, -0.15) is 4.98 Å². The van der Waals surface area contributed by atoms with Gasteiger partial charge in [0, 0.05) is 12.4 Å². The molecule has 0 aliphatic carbocycles. The number of pyridine rings is 1. The first-order valence-electron chi connectivity index (χ1n) is 6.65. The van der Waals surface area contributed by atoms with Crippen LogP contribution in [-0.4, -0.2) is 34.2 Å². The number of nitrogens with one attached hydrogen (secondary N) is 1. The second-order valence-corrected chi connectivity index (χ2v) is 4.68. The second-order valence-electron chi connectivity index (χ2n) is 4.68. The largest absolute Gasteiger partial charge is 0.447 e. The lowest BCUT2D eigenvalue weighted by Gasteiger charge is -2.12. The van der Waals surface area contributed by atoms with E-state index < -0.39 is 0 Å². The molecule has 1 amide bonds. The van der Waals surface area contributed by atoms with Crippen LogP contribution in [0.2, 0.25) is 0 Å². The molecule has 0 spiro atoms. The van der Waals surface area contributed by atoms with Crippen LogP contribution in [0.1, 0.15) is 11.3 Å². The normalized spacial score (nSPS) is 14.1. The van der Waals surface area contributed by atoms with Gasteiger partial charge in [-0.25, -0.2) is 9.78 Å². The smallest absolute Gasteiger partial charge is 0.415 e. The maximum Gasteiger partial charge on any atom is 0.415 e. The van der Waals surface area contributed by atoms with Gasteiger partial charge in [-0.05, 0) is 24.6 Å². The van der Waals surface area contributed by atoms with Gasteiger partial charge in [0.15, 0.2) is 0 Å². The van der Waals surface area contributed by atoms with Gasteiger partial charge in [-0.1, -0.05) is 6.07 Å². The van der Waals surface area contributed by atoms with Crippen LogP contribution in [0.3, 0.4) is 0 Å². The number of cyclic esters (lactones) is 1. The number of anilines is 2. The van der Waals surface area contributed by atoms with E-state index in [1.165, 1.54) is 4.90 Å². The summed E-state index contributed by atoms with van der Waals surface area (Å²) in [4.78, 5) is 25.7. The molecule has 1 aliphatic heterocycles. The van der Waals surface area contributed by atoms with Gasteiger partial charge >= 0.3 is 6.09 Å². The zero-order valence-corrected chi connectivity index (χ0v) is 11.6. The summed E-state index contributed by atoms with van der Waals surface area (Å²) in [5.74, 6) is 0.987. The van der Waals surface area contributed by atoms with Gasteiger partial charge in [0.1, 0.15) is 12.4 Å². The third-order valence-corrected chi connectivity index (χ3v) is 3.08. The summed E-state index contributed by atoms with van der Waals surface area (Å²) in [6.45, 7) is 3.41. The molecule has 3 rings (SSSR count). The zero-order valence-electron chi connectivity index (χ0n) is 11.6. The highest BCUT2D eigenvalue weighted by Crippen LogP contribution is 2.16. The maximum absolute atomic E-state index is 11.5. The number of rotatable bonds is 4. The average Bonchev–Trinajstić information content (AvgIpc) is 2.93. The molecule has 0 bridgehead atoms. The number of amides is 1. The molecule has 7 nitrogen and oxygen atoms in total. The van der Waals surface area contributed by atoms with Gasteiger partial charge in [0.2, 0.25) is 5.95 Å². The molecule has 1 saturated heterocycles. The molecular weight excluding hydrogens is 270 g/mol. The van der Waals surface area contributed by atoms with E-state index in [9.17, 15) is 4.79 Å². The summed E-state index contributed by atoms with van der Waals surface area (Å²) in [5.41, 5.74) is 2.01. The van der Waals surface area contributed by atoms with Crippen molar-refractivity contribution in [2.45, 2.75) is 13.5 Å². The van der Waals surface area contributed by atoms with Crippen molar-refractivity contribution in [2.24, 2.45) is 0 Å². The number of hydrogen-bond donors (Lipinski definition) is 1. The van der Waals surface area contributed by atoms with Crippen LogP contribution in [0.4, 0.5) is 16.6 Å². The van der Waals surface area contributed by atoms with Crippen molar-refractivity contribution in [1.82, 2.24) is 15.0 Å².